The van der Waals surface area contributed by atoms with Crippen LogP contribution >= 0.6 is 24.0 Å². The zero-order chi connectivity index (χ0) is 23.6. The molecule has 0 unspecified atom stereocenters. The topological polar surface area (TPSA) is 66.7 Å². The van der Waals surface area contributed by atoms with Crippen molar-refractivity contribution in [3.8, 4) is 0 Å². The number of pyridine rings is 1. The number of fused-ring (bicyclic) bond motifs is 1. The van der Waals surface area contributed by atoms with E-state index in [2.05, 4.69) is 24.1 Å². The summed E-state index contributed by atoms with van der Waals surface area (Å²) in [6.45, 7) is 5.71. The number of rotatable bonds is 13. The van der Waals surface area contributed by atoms with Gasteiger partial charge in [-0.2, -0.15) is 0 Å². The fourth-order valence-electron chi connectivity index (χ4n) is 3.82. The van der Waals surface area contributed by atoms with Crippen LogP contribution in [0.3, 0.4) is 0 Å². The van der Waals surface area contributed by atoms with Gasteiger partial charge in [0.25, 0.3) is 11.5 Å². The molecule has 33 heavy (non-hydrogen) atoms. The molecule has 3 heterocycles. The molecule has 0 saturated carbocycles. The smallest absolute Gasteiger partial charge is 0.267 e. The predicted octanol–water partition coefficient (Wildman–Crippen LogP) is 5.86. The number of amides is 1. The fraction of sp³-hybridized carbons (Fsp3) is 0.520. The van der Waals surface area contributed by atoms with E-state index in [9.17, 15) is 9.59 Å². The number of aromatic nitrogens is 2. The third-order valence-electron chi connectivity index (χ3n) is 5.73. The normalized spacial score (nSPS) is 15.2. The second-order valence-electron chi connectivity index (χ2n) is 8.34. The van der Waals surface area contributed by atoms with Gasteiger partial charge in [0.15, 0.2) is 0 Å². The molecule has 0 radical (unpaired) electrons. The molecular formula is C25H34N4O2S2. The summed E-state index contributed by atoms with van der Waals surface area (Å²) in [5.74, 6) is 0.400. The summed E-state index contributed by atoms with van der Waals surface area (Å²) in [4.78, 5) is 33.2. The van der Waals surface area contributed by atoms with Crippen LogP contribution in [0.1, 0.15) is 77.2 Å². The summed E-state index contributed by atoms with van der Waals surface area (Å²) in [7, 11) is 0. The van der Waals surface area contributed by atoms with E-state index in [1.165, 1.54) is 41.8 Å². The Bertz CT molecular complexity index is 1060. The highest BCUT2D eigenvalue weighted by Gasteiger charge is 2.32. The Balaban J connectivity index is 1.80. The van der Waals surface area contributed by atoms with Crippen LogP contribution in [-0.2, 0) is 4.79 Å². The van der Waals surface area contributed by atoms with E-state index in [0.29, 0.717) is 32.8 Å². The average molecular weight is 487 g/mol. The second kappa shape index (κ2) is 12.9. The summed E-state index contributed by atoms with van der Waals surface area (Å²) in [6.07, 6.45) is 13.5. The van der Waals surface area contributed by atoms with Crippen LogP contribution in [-0.4, -0.2) is 37.6 Å². The lowest BCUT2D eigenvalue weighted by atomic mass is 10.1. The first kappa shape index (κ1) is 25.4. The number of nitrogens with one attached hydrogen (secondary N) is 1. The van der Waals surface area contributed by atoms with Crippen molar-refractivity contribution >= 4 is 51.7 Å². The molecule has 1 N–H and O–H groups in total. The van der Waals surface area contributed by atoms with Crippen LogP contribution in [0.25, 0.3) is 11.7 Å². The molecule has 1 aliphatic heterocycles. The van der Waals surface area contributed by atoms with Crippen molar-refractivity contribution in [2.24, 2.45) is 0 Å². The third-order valence-corrected chi connectivity index (χ3v) is 7.10. The lowest BCUT2D eigenvalue weighted by Gasteiger charge is -2.14. The lowest BCUT2D eigenvalue weighted by Crippen LogP contribution is -2.29. The lowest BCUT2D eigenvalue weighted by molar-refractivity contribution is -0.122. The van der Waals surface area contributed by atoms with Gasteiger partial charge in [-0.05, 0) is 31.1 Å². The van der Waals surface area contributed by atoms with Gasteiger partial charge < -0.3 is 5.32 Å². The maximum absolute atomic E-state index is 13.3. The summed E-state index contributed by atoms with van der Waals surface area (Å²) < 4.78 is 2.08. The molecule has 8 heteroatoms. The Morgan fingerprint density at radius 3 is 2.55 bits per heavy atom. The van der Waals surface area contributed by atoms with Crippen LogP contribution in [0.2, 0.25) is 0 Å². The van der Waals surface area contributed by atoms with Gasteiger partial charge in [0.05, 0.1) is 10.5 Å². The van der Waals surface area contributed by atoms with Crippen molar-refractivity contribution in [1.29, 1.82) is 0 Å². The highest BCUT2D eigenvalue weighted by molar-refractivity contribution is 8.26. The number of unbranched alkanes of at least 4 members (excludes halogenated alkanes) is 7. The van der Waals surface area contributed by atoms with Crippen LogP contribution in [0.4, 0.5) is 5.82 Å². The molecule has 0 aromatic carbocycles. The van der Waals surface area contributed by atoms with Gasteiger partial charge in [0.2, 0.25) is 0 Å². The maximum atomic E-state index is 13.3. The highest BCUT2D eigenvalue weighted by atomic mass is 32.2. The quantitative estimate of drug-likeness (QED) is 0.217. The number of hydrogen-bond donors (Lipinski definition) is 1. The standard InChI is InChI=1S/C25H34N4O2S2/c1-3-5-7-8-9-12-17-29-24(31)20(33-25(29)32)18-19-22(26-15-11-6-4-2)27-21-14-10-13-16-28(21)23(19)30/h10,13-14,16,18,26H,3-9,11-12,15,17H2,1-2H3/b20-18-. The van der Waals surface area contributed by atoms with Crippen molar-refractivity contribution < 1.29 is 4.79 Å². The Hall–Kier alpha value is -2.19. The number of anilines is 1. The van der Waals surface area contributed by atoms with Crippen molar-refractivity contribution in [1.82, 2.24) is 14.3 Å². The molecule has 2 aromatic heterocycles. The van der Waals surface area contributed by atoms with Crippen molar-refractivity contribution in [2.45, 2.75) is 71.6 Å². The molecule has 3 rings (SSSR count). The summed E-state index contributed by atoms with van der Waals surface area (Å²) in [5.41, 5.74) is 0.781. The largest absolute Gasteiger partial charge is 0.369 e. The molecule has 2 aromatic rings. The molecule has 1 amide bonds. The van der Waals surface area contributed by atoms with Crippen molar-refractivity contribution in [2.75, 3.05) is 18.4 Å². The van der Waals surface area contributed by atoms with E-state index in [1.54, 1.807) is 23.2 Å². The van der Waals surface area contributed by atoms with Gasteiger partial charge in [0, 0.05) is 19.3 Å². The molecule has 6 nitrogen and oxygen atoms in total. The third kappa shape index (κ3) is 6.67. The molecule has 0 spiro atoms. The van der Waals surface area contributed by atoms with Gasteiger partial charge in [-0.25, -0.2) is 4.98 Å². The Labute approximate surface area is 205 Å². The van der Waals surface area contributed by atoms with Crippen LogP contribution in [0.5, 0.6) is 0 Å². The molecule has 178 valence electrons. The number of carbonyl (C=O) groups excluding carboxylic acids is 1. The Kier molecular flexibility index (Phi) is 9.94. The summed E-state index contributed by atoms with van der Waals surface area (Å²) in [5, 5.41) is 3.31. The zero-order valence-electron chi connectivity index (χ0n) is 19.6. The van der Waals surface area contributed by atoms with Gasteiger partial charge >= 0.3 is 0 Å². The van der Waals surface area contributed by atoms with Gasteiger partial charge in [0.1, 0.15) is 15.8 Å². The molecule has 0 atom stereocenters. The van der Waals surface area contributed by atoms with Crippen LogP contribution in [0.15, 0.2) is 34.1 Å². The minimum absolute atomic E-state index is 0.118. The van der Waals surface area contributed by atoms with Crippen molar-refractivity contribution in [3.63, 3.8) is 0 Å². The SMILES string of the molecule is CCCCCCCCN1C(=O)/C(=C/c2c(NCCCCC)nc3ccccn3c2=O)SC1=S. The molecular weight excluding hydrogens is 452 g/mol. The number of nitrogens with zero attached hydrogens (tertiary/aromatic N) is 3. The first-order chi connectivity index (χ1) is 16.1. The number of hydrogen-bond acceptors (Lipinski definition) is 6. The van der Waals surface area contributed by atoms with Crippen molar-refractivity contribution in [3.05, 3.63) is 45.2 Å². The Morgan fingerprint density at radius 1 is 1.03 bits per heavy atom. The highest BCUT2D eigenvalue weighted by Crippen LogP contribution is 2.33. The van der Waals surface area contributed by atoms with E-state index >= 15 is 0 Å². The molecule has 1 aliphatic rings. The monoisotopic (exact) mass is 486 g/mol. The fourth-order valence-corrected chi connectivity index (χ4v) is 5.11. The first-order valence-electron chi connectivity index (χ1n) is 12.1. The van der Waals surface area contributed by atoms with Crippen LogP contribution in [0, 0.1) is 0 Å². The molecule has 0 bridgehead atoms. The summed E-state index contributed by atoms with van der Waals surface area (Å²) in [6, 6.07) is 5.46. The number of carbonyl (C=O) groups is 1. The second-order valence-corrected chi connectivity index (χ2v) is 10.0. The van der Waals surface area contributed by atoms with E-state index in [-0.39, 0.29) is 11.5 Å². The summed E-state index contributed by atoms with van der Waals surface area (Å²) >= 11 is 6.75. The number of thioether (sulfide) groups is 1. The molecule has 1 fully saturated rings. The van der Waals surface area contributed by atoms with Crippen LogP contribution < -0.4 is 10.9 Å². The minimum Gasteiger partial charge on any atom is -0.369 e. The van der Waals surface area contributed by atoms with E-state index in [4.69, 9.17) is 12.2 Å². The molecule has 0 aliphatic carbocycles. The Morgan fingerprint density at radius 2 is 1.76 bits per heavy atom. The number of thiocarbonyl (C=S) groups is 1. The van der Waals surface area contributed by atoms with E-state index < -0.39 is 0 Å². The van der Waals surface area contributed by atoms with E-state index in [1.807, 2.05) is 12.1 Å². The first-order valence-corrected chi connectivity index (χ1v) is 13.3. The van der Waals surface area contributed by atoms with Gasteiger partial charge in [-0.3, -0.25) is 18.9 Å². The zero-order valence-corrected chi connectivity index (χ0v) is 21.3. The van der Waals surface area contributed by atoms with E-state index in [0.717, 1.165) is 38.6 Å². The molecule has 1 saturated heterocycles. The van der Waals surface area contributed by atoms with Gasteiger partial charge in [-0.15, -0.1) is 0 Å². The minimum atomic E-state index is -0.195. The average Bonchev–Trinajstić information content (AvgIpc) is 3.08. The predicted molar refractivity (Wildman–Crippen MR) is 143 cm³/mol. The van der Waals surface area contributed by atoms with Gasteiger partial charge in [-0.1, -0.05) is 88.8 Å². The maximum Gasteiger partial charge on any atom is 0.267 e.